The number of H-pyrrole nitrogens is 1. The second kappa shape index (κ2) is 7.81. The fourth-order valence-corrected chi connectivity index (χ4v) is 3.17. The number of aromatic amines is 1. The SMILES string of the molecule is Cc1n[nH]c(C)c1[C@H](C)CC(=O)Nc1ccc(Cl)c(CN(C)C)c1. The lowest BCUT2D eigenvalue weighted by Crippen LogP contribution is -2.16. The molecule has 0 aliphatic rings. The van der Waals surface area contributed by atoms with Gasteiger partial charge in [-0.15, -0.1) is 0 Å². The summed E-state index contributed by atoms with van der Waals surface area (Å²) in [5, 5.41) is 10.8. The fraction of sp³-hybridized carbons (Fsp3) is 0.444. The number of amides is 1. The van der Waals surface area contributed by atoms with E-state index < -0.39 is 0 Å². The highest BCUT2D eigenvalue weighted by Gasteiger charge is 2.18. The number of nitrogens with zero attached hydrogens (tertiary/aromatic N) is 2. The first-order valence-electron chi connectivity index (χ1n) is 8.02. The van der Waals surface area contributed by atoms with Crippen LogP contribution in [0.25, 0.3) is 0 Å². The number of nitrogens with one attached hydrogen (secondary N) is 2. The fourth-order valence-electron chi connectivity index (χ4n) is 2.99. The second-order valence-electron chi connectivity index (χ2n) is 6.55. The zero-order valence-corrected chi connectivity index (χ0v) is 15.7. The first-order chi connectivity index (χ1) is 11.3. The third-order valence-electron chi connectivity index (χ3n) is 3.99. The average Bonchev–Trinajstić information content (AvgIpc) is 2.81. The maximum atomic E-state index is 12.4. The number of rotatable bonds is 6. The van der Waals surface area contributed by atoms with Crippen molar-refractivity contribution in [3.63, 3.8) is 0 Å². The van der Waals surface area contributed by atoms with E-state index in [1.54, 1.807) is 0 Å². The molecule has 1 aromatic carbocycles. The van der Waals surface area contributed by atoms with Crippen LogP contribution in [-0.4, -0.2) is 35.1 Å². The highest BCUT2D eigenvalue weighted by molar-refractivity contribution is 6.31. The third-order valence-corrected chi connectivity index (χ3v) is 4.35. The molecular formula is C18H25ClN4O. The van der Waals surface area contributed by atoms with Gasteiger partial charge in [0.25, 0.3) is 0 Å². The molecule has 0 aliphatic heterocycles. The Balaban J connectivity index is 2.04. The molecule has 1 atom stereocenters. The molecule has 130 valence electrons. The molecule has 5 nitrogen and oxygen atoms in total. The smallest absolute Gasteiger partial charge is 0.224 e. The Hall–Kier alpha value is -1.85. The molecule has 0 saturated heterocycles. The number of aromatic nitrogens is 2. The van der Waals surface area contributed by atoms with Crippen molar-refractivity contribution in [2.24, 2.45) is 0 Å². The van der Waals surface area contributed by atoms with E-state index in [9.17, 15) is 4.79 Å². The summed E-state index contributed by atoms with van der Waals surface area (Å²) in [5.41, 5.74) is 4.86. The number of halogens is 1. The van der Waals surface area contributed by atoms with Crippen molar-refractivity contribution in [2.75, 3.05) is 19.4 Å². The zero-order valence-electron chi connectivity index (χ0n) is 14.9. The van der Waals surface area contributed by atoms with Gasteiger partial charge in [-0.3, -0.25) is 9.89 Å². The molecular weight excluding hydrogens is 324 g/mol. The molecule has 2 aromatic rings. The summed E-state index contributed by atoms with van der Waals surface area (Å²) in [6, 6.07) is 5.58. The van der Waals surface area contributed by atoms with Crippen LogP contribution in [0.4, 0.5) is 5.69 Å². The van der Waals surface area contributed by atoms with Gasteiger partial charge in [0.05, 0.1) is 5.69 Å². The van der Waals surface area contributed by atoms with E-state index in [2.05, 4.69) is 15.5 Å². The highest BCUT2D eigenvalue weighted by Crippen LogP contribution is 2.26. The van der Waals surface area contributed by atoms with Crippen molar-refractivity contribution in [1.29, 1.82) is 0 Å². The van der Waals surface area contributed by atoms with Crippen molar-refractivity contribution in [3.05, 3.63) is 45.7 Å². The quantitative estimate of drug-likeness (QED) is 0.832. The van der Waals surface area contributed by atoms with E-state index in [0.717, 1.165) is 34.7 Å². The molecule has 1 heterocycles. The average molecular weight is 349 g/mol. The molecule has 0 saturated carbocycles. The van der Waals surface area contributed by atoms with Crippen molar-refractivity contribution in [2.45, 2.75) is 39.7 Å². The van der Waals surface area contributed by atoms with Gasteiger partial charge in [0, 0.05) is 29.4 Å². The van der Waals surface area contributed by atoms with Gasteiger partial charge in [-0.25, -0.2) is 0 Å². The first-order valence-corrected chi connectivity index (χ1v) is 8.40. The van der Waals surface area contributed by atoms with Crippen LogP contribution in [0.5, 0.6) is 0 Å². The first kappa shape index (κ1) is 18.5. The van der Waals surface area contributed by atoms with Gasteiger partial charge in [-0.2, -0.15) is 5.10 Å². The van der Waals surface area contributed by atoms with Gasteiger partial charge in [-0.1, -0.05) is 18.5 Å². The van der Waals surface area contributed by atoms with Crippen LogP contribution in [0.3, 0.4) is 0 Å². The lowest BCUT2D eigenvalue weighted by molar-refractivity contribution is -0.116. The summed E-state index contributed by atoms with van der Waals surface area (Å²) in [5.74, 6) is 0.0953. The molecule has 0 radical (unpaired) electrons. The largest absolute Gasteiger partial charge is 0.326 e. The Morgan fingerprint density at radius 3 is 2.67 bits per heavy atom. The predicted molar refractivity (Wildman–Crippen MR) is 98.6 cm³/mol. The molecule has 0 bridgehead atoms. The van der Waals surface area contributed by atoms with Crippen LogP contribution < -0.4 is 5.32 Å². The second-order valence-corrected chi connectivity index (χ2v) is 6.95. The number of aryl methyl sites for hydroxylation is 2. The molecule has 1 amide bonds. The van der Waals surface area contributed by atoms with Gasteiger partial charge in [0.2, 0.25) is 5.91 Å². The van der Waals surface area contributed by atoms with Crippen LogP contribution in [0.2, 0.25) is 5.02 Å². The molecule has 0 spiro atoms. The maximum absolute atomic E-state index is 12.4. The molecule has 24 heavy (non-hydrogen) atoms. The standard InChI is InChI=1S/C18H25ClN4O/c1-11(18-12(2)21-22-13(18)3)8-17(24)20-15-6-7-16(19)14(9-15)10-23(4)5/h6-7,9,11H,8,10H2,1-5H3,(H,20,24)(H,21,22)/t11-/m1/s1. The highest BCUT2D eigenvalue weighted by atomic mass is 35.5. The van der Waals surface area contributed by atoms with Gasteiger partial charge in [0.1, 0.15) is 0 Å². The summed E-state index contributed by atoms with van der Waals surface area (Å²) < 4.78 is 0. The van der Waals surface area contributed by atoms with E-state index >= 15 is 0 Å². The lowest BCUT2D eigenvalue weighted by Gasteiger charge is -2.15. The Morgan fingerprint density at radius 1 is 1.38 bits per heavy atom. The van der Waals surface area contributed by atoms with Crippen LogP contribution in [0.1, 0.15) is 41.8 Å². The van der Waals surface area contributed by atoms with E-state index in [1.165, 1.54) is 0 Å². The van der Waals surface area contributed by atoms with Gasteiger partial charge >= 0.3 is 0 Å². The number of carbonyl (C=O) groups is 1. The summed E-state index contributed by atoms with van der Waals surface area (Å²) in [6.45, 7) is 6.71. The minimum Gasteiger partial charge on any atom is -0.326 e. The van der Waals surface area contributed by atoms with Gasteiger partial charge < -0.3 is 10.2 Å². The Bertz CT molecular complexity index is 704. The molecule has 0 unspecified atom stereocenters. The van der Waals surface area contributed by atoms with Crippen molar-refractivity contribution in [1.82, 2.24) is 15.1 Å². The lowest BCUT2D eigenvalue weighted by atomic mass is 9.95. The Kier molecular flexibility index (Phi) is 6.02. The van der Waals surface area contributed by atoms with Crippen LogP contribution in [0.15, 0.2) is 18.2 Å². The van der Waals surface area contributed by atoms with Crippen molar-refractivity contribution < 1.29 is 4.79 Å². The molecule has 2 N–H and O–H groups in total. The molecule has 2 rings (SSSR count). The van der Waals surface area contributed by atoms with Crippen LogP contribution >= 0.6 is 11.6 Å². The summed E-state index contributed by atoms with van der Waals surface area (Å²) in [6.07, 6.45) is 0.410. The Morgan fingerprint density at radius 2 is 2.08 bits per heavy atom. The minimum atomic E-state index is -0.0133. The molecule has 0 fully saturated rings. The minimum absolute atomic E-state index is 0.0133. The Labute approximate surface area is 148 Å². The van der Waals surface area contributed by atoms with Crippen molar-refractivity contribution in [3.8, 4) is 0 Å². The van der Waals surface area contributed by atoms with E-state index in [-0.39, 0.29) is 11.8 Å². The van der Waals surface area contributed by atoms with E-state index in [1.807, 2.05) is 58.0 Å². The molecule has 0 aliphatic carbocycles. The summed E-state index contributed by atoms with van der Waals surface area (Å²) in [4.78, 5) is 14.4. The van der Waals surface area contributed by atoms with Crippen LogP contribution in [-0.2, 0) is 11.3 Å². The third kappa shape index (κ3) is 4.58. The summed E-state index contributed by atoms with van der Waals surface area (Å²) in [7, 11) is 3.97. The van der Waals surface area contributed by atoms with Gasteiger partial charge in [-0.05, 0) is 63.2 Å². The van der Waals surface area contributed by atoms with Crippen LogP contribution in [0, 0.1) is 13.8 Å². The maximum Gasteiger partial charge on any atom is 0.224 e. The van der Waals surface area contributed by atoms with E-state index in [0.29, 0.717) is 11.4 Å². The van der Waals surface area contributed by atoms with Crippen molar-refractivity contribution >= 4 is 23.2 Å². The zero-order chi connectivity index (χ0) is 17.9. The topological polar surface area (TPSA) is 61.0 Å². The monoisotopic (exact) mass is 348 g/mol. The molecule has 6 heteroatoms. The number of hydrogen-bond donors (Lipinski definition) is 2. The molecule has 1 aromatic heterocycles. The number of benzene rings is 1. The normalized spacial score (nSPS) is 12.5. The van der Waals surface area contributed by atoms with Gasteiger partial charge in [0.15, 0.2) is 0 Å². The number of anilines is 1. The summed E-state index contributed by atoms with van der Waals surface area (Å²) >= 11 is 6.21. The number of hydrogen-bond acceptors (Lipinski definition) is 3. The predicted octanol–water partition coefficient (Wildman–Crippen LogP) is 3.87. The number of carbonyl (C=O) groups excluding carboxylic acids is 1. The van der Waals surface area contributed by atoms with E-state index in [4.69, 9.17) is 11.6 Å².